The molecule has 1 saturated heterocycles. The third-order valence-electron chi connectivity index (χ3n) is 9.67. The van der Waals surface area contributed by atoms with Crippen LogP contribution in [-0.2, 0) is 21.7 Å². The van der Waals surface area contributed by atoms with Gasteiger partial charge in [-0.1, -0.05) is 36.8 Å². The number of nitrogens with zero attached hydrogens (tertiary/aromatic N) is 4. The molecule has 1 spiro atoms. The lowest BCUT2D eigenvalue weighted by molar-refractivity contribution is -0.137. The number of carbonyl (C=O) groups is 1. The highest BCUT2D eigenvalue weighted by Gasteiger charge is 2.56. The van der Waals surface area contributed by atoms with Crippen LogP contribution in [0, 0.1) is 5.92 Å². The number of carbonyl (C=O) groups excluding carboxylic acids is 1. The normalized spacial score (nSPS) is 25.9. The van der Waals surface area contributed by atoms with Crippen molar-refractivity contribution in [3.8, 4) is 0 Å². The number of sulfonamides is 1. The summed E-state index contributed by atoms with van der Waals surface area (Å²) in [6.45, 7) is 0.670. The lowest BCUT2D eigenvalue weighted by atomic mass is 9.68. The first kappa shape index (κ1) is 29.8. The van der Waals surface area contributed by atoms with E-state index >= 15 is 0 Å². The second-order valence-electron chi connectivity index (χ2n) is 12.3. The summed E-state index contributed by atoms with van der Waals surface area (Å²) in [5, 5.41) is 0. The minimum absolute atomic E-state index is 0.139. The molecule has 0 atom stereocenters. The number of anilines is 1. The van der Waals surface area contributed by atoms with Gasteiger partial charge in [0, 0.05) is 26.2 Å². The Morgan fingerprint density at radius 1 is 0.951 bits per heavy atom. The number of amides is 2. The van der Waals surface area contributed by atoms with E-state index in [1.54, 1.807) is 0 Å². The van der Waals surface area contributed by atoms with Crippen molar-refractivity contribution in [2.45, 2.75) is 67.1 Å². The Hall–Kier alpha value is -2.63. The molecular formula is C30H39F3N4O3S. The number of hydrogen-bond acceptors (Lipinski definition) is 4. The third kappa shape index (κ3) is 5.14. The second kappa shape index (κ2) is 10.6. The molecule has 7 nitrogen and oxygen atoms in total. The predicted molar refractivity (Wildman–Crippen MR) is 152 cm³/mol. The average molecular weight is 593 g/mol. The van der Waals surface area contributed by atoms with Crippen LogP contribution in [0.2, 0.25) is 0 Å². The molecule has 224 valence electrons. The van der Waals surface area contributed by atoms with E-state index in [2.05, 4.69) is 31.1 Å². The monoisotopic (exact) mass is 592 g/mol. The standard InChI is InChI=1S/C30H39F3N4O3S/c1-34(2)29(23-11-6-5-7-12-23)17-15-28(16-18-29)21-36(27(38)37(28)20-22-9-8-10-22)26-14-13-24(41(39,40)35(3)4)19-25(26)30(31,32)33/h5-7,11-14,19,22H,8-10,15-18,20-21H2,1-4H3. The quantitative estimate of drug-likeness (QED) is 0.410. The maximum atomic E-state index is 14.4. The van der Waals surface area contributed by atoms with E-state index < -0.39 is 38.2 Å². The molecule has 5 rings (SSSR count). The zero-order valence-electron chi connectivity index (χ0n) is 24.1. The molecule has 2 amide bonds. The lowest BCUT2D eigenvalue weighted by Gasteiger charge is -2.51. The fourth-order valence-electron chi connectivity index (χ4n) is 6.84. The van der Waals surface area contributed by atoms with E-state index in [-0.39, 0.29) is 17.8 Å². The van der Waals surface area contributed by atoms with Crippen LogP contribution in [0.1, 0.15) is 56.1 Å². The molecule has 2 saturated carbocycles. The van der Waals surface area contributed by atoms with Gasteiger partial charge in [-0.3, -0.25) is 9.80 Å². The summed E-state index contributed by atoms with van der Waals surface area (Å²) in [6, 6.07) is 12.8. The fraction of sp³-hybridized carbons (Fsp3) is 0.567. The van der Waals surface area contributed by atoms with Crippen molar-refractivity contribution in [2.24, 2.45) is 5.92 Å². The summed E-state index contributed by atoms with van der Waals surface area (Å²) >= 11 is 0. The number of alkyl halides is 3. The Labute approximate surface area is 240 Å². The average Bonchev–Trinajstić information content (AvgIpc) is 3.16. The van der Waals surface area contributed by atoms with Gasteiger partial charge in [0.2, 0.25) is 10.0 Å². The molecule has 3 aliphatic rings. The third-order valence-corrected chi connectivity index (χ3v) is 11.5. The van der Waals surface area contributed by atoms with E-state index in [0.717, 1.165) is 42.5 Å². The van der Waals surface area contributed by atoms with Gasteiger partial charge in [0.25, 0.3) is 0 Å². The van der Waals surface area contributed by atoms with Gasteiger partial charge >= 0.3 is 12.2 Å². The van der Waals surface area contributed by atoms with Crippen molar-refractivity contribution in [1.29, 1.82) is 0 Å². The summed E-state index contributed by atoms with van der Waals surface area (Å²) < 4.78 is 69.4. The minimum Gasteiger partial charge on any atom is -0.317 e. The zero-order chi connectivity index (χ0) is 29.8. The van der Waals surface area contributed by atoms with Crippen LogP contribution >= 0.6 is 0 Å². The molecule has 1 aliphatic heterocycles. The van der Waals surface area contributed by atoms with Gasteiger partial charge in [-0.15, -0.1) is 0 Å². The van der Waals surface area contributed by atoms with E-state index in [9.17, 15) is 26.4 Å². The van der Waals surface area contributed by atoms with Gasteiger partial charge in [-0.05, 0) is 82.3 Å². The molecule has 11 heteroatoms. The SMILES string of the molecule is CN(C)C1(c2ccccc2)CCC2(CC1)CN(c1ccc(S(=O)(=O)N(C)C)cc1C(F)(F)F)C(=O)N2CC1CCC1. The molecule has 0 radical (unpaired) electrons. The van der Waals surface area contributed by atoms with Crippen LogP contribution in [0.15, 0.2) is 53.4 Å². The van der Waals surface area contributed by atoms with E-state index in [1.165, 1.54) is 30.6 Å². The molecule has 2 aliphatic carbocycles. The number of hydrogen-bond donors (Lipinski definition) is 0. The molecule has 1 heterocycles. The van der Waals surface area contributed by atoms with Gasteiger partial charge in [-0.2, -0.15) is 13.2 Å². The van der Waals surface area contributed by atoms with E-state index in [0.29, 0.717) is 31.4 Å². The molecule has 41 heavy (non-hydrogen) atoms. The summed E-state index contributed by atoms with van der Waals surface area (Å²) in [5.74, 6) is 0.347. The summed E-state index contributed by atoms with van der Waals surface area (Å²) in [4.78, 5) is 18.9. The van der Waals surface area contributed by atoms with Crippen molar-refractivity contribution in [3.63, 3.8) is 0 Å². The molecule has 0 N–H and O–H groups in total. The summed E-state index contributed by atoms with van der Waals surface area (Å²) in [7, 11) is 2.57. The largest absolute Gasteiger partial charge is 0.418 e. The molecule has 0 bridgehead atoms. The molecule has 3 fully saturated rings. The molecule has 0 unspecified atom stereocenters. The van der Waals surface area contributed by atoms with Gasteiger partial charge in [-0.25, -0.2) is 17.5 Å². The van der Waals surface area contributed by atoms with E-state index in [4.69, 9.17) is 0 Å². The summed E-state index contributed by atoms with van der Waals surface area (Å²) in [6.07, 6.45) is 1.11. The van der Waals surface area contributed by atoms with Crippen molar-refractivity contribution in [2.75, 3.05) is 46.2 Å². The van der Waals surface area contributed by atoms with Crippen LogP contribution in [0.4, 0.5) is 23.7 Å². The van der Waals surface area contributed by atoms with Gasteiger partial charge in [0.15, 0.2) is 0 Å². The minimum atomic E-state index is -4.85. The van der Waals surface area contributed by atoms with Crippen LogP contribution in [-0.4, -0.2) is 75.4 Å². The molecule has 2 aromatic carbocycles. The lowest BCUT2D eigenvalue weighted by Crippen LogP contribution is -2.56. The number of urea groups is 1. The first-order valence-corrected chi connectivity index (χ1v) is 15.6. The highest BCUT2D eigenvalue weighted by Crippen LogP contribution is 2.51. The Morgan fingerprint density at radius 3 is 2.10 bits per heavy atom. The van der Waals surface area contributed by atoms with Gasteiger partial charge < -0.3 is 4.90 Å². The summed E-state index contributed by atoms with van der Waals surface area (Å²) in [5.41, 5.74) is -1.04. The Balaban J connectivity index is 1.53. The van der Waals surface area contributed by atoms with Crippen LogP contribution in [0.3, 0.4) is 0 Å². The smallest absolute Gasteiger partial charge is 0.317 e. The fourth-order valence-corrected chi connectivity index (χ4v) is 7.77. The maximum Gasteiger partial charge on any atom is 0.418 e. The van der Waals surface area contributed by atoms with Crippen LogP contribution in [0.5, 0.6) is 0 Å². The van der Waals surface area contributed by atoms with Gasteiger partial charge in [0.05, 0.1) is 28.2 Å². The first-order valence-electron chi connectivity index (χ1n) is 14.2. The van der Waals surface area contributed by atoms with Crippen LogP contribution < -0.4 is 4.90 Å². The highest BCUT2D eigenvalue weighted by molar-refractivity contribution is 7.89. The predicted octanol–water partition coefficient (Wildman–Crippen LogP) is 5.77. The topological polar surface area (TPSA) is 64.2 Å². The first-order chi connectivity index (χ1) is 19.2. The van der Waals surface area contributed by atoms with Crippen molar-refractivity contribution in [3.05, 3.63) is 59.7 Å². The molecule has 2 aromatic rings. The molecule has 0 aromatic heterocycles. The highest BCUT2D eigenvalue weighted by atomic mass is 32.2. The number of halogens is 3. The molecular weight excluding hydrogens is 553 g/mol. The number of benzene rings is 2. The zero-order valence-corrected chi connectivity index (χ0v) is 24.9. The Bertz CT molecular complexity index is 1380. The second-order valence-corrected chi connectivity index (χ2v) is 14.4. The van der Waals surface area contributed by atoms with Crippen LogP contribution in [0.25, 0.3) is 0 Å². The Kier molecular flexibility index (Phi) is 7.70. The maximum absolute atomic E-state index is 14.4. The van der Waals surface area contributed by atoms with Crippen molar-refractivity contribution in [1.82, 2.24) is 14.1 Å². The Morgan fingerprint density at radius 2 is 1.59 bits per heavy atom. The van der Waals surface area contributed by atoms with Crippen molar-refractivity contribution >= 4 is 21.7 Å². The van der Waals surface area contributed by atoms with Gasteiger partial charge in [0.1, 0.15) is 0 Å². The van der Waals surface area contributed by atoms with Crippen molar-refractivity contribution < 1.29 is 26.4 Å². The number of rotatable bonds is 7. The van der Waals surface area contributed by atoms with E-state index in [1.807, 2.05) is 23.1 Å².